The van der Waals surface area contributed by atoms with Crippen LogP contribution in [0.1, 0.15) is 42.1 Å². The van der Waals surface area contributed by atoms with Gasteiger partial charge in [-0.25, -0.2) is 4.98 Å². The Morgan fingerprint density at radius 1 is 1.25 bits per heavy atom. The maximum atomic E-state index is 12.9. The van der Waals surface area contributed by atoms with Crippen LogP contribution in [0.3, 0.4) is 0 Å². The van der Waals surface area contributed by atoms with Crippen LogP contribution in [0.5, 0.6) is 0 Å². The van der Waals surface area contributed by atoms with Crippen molar-refractivity contribution in [2.75, 3.05) is 0 Å². The third-order valence-corrected chi connectivity index (χ3v) is 7.88. The number of aromatic nitrogens is 5. The molecule has 0 spiro atoms. The van der Waals surface area contributed by atoms with E-state index in [1.807, 2.05) is 17.5 Å². The molecule has 0 unspecified atom stereocenters. The molecule has 5 rings (SSSR count). The van der Waals surface area contributed by atoms with E-state index >= 15 is 0 Å². The van der Waals surface area contributed by atoms with Gasteiger partial charge in [-0.2, -0.15) is 0 Å². The smallest absolute Gasteiger partial charge is 0.260 e. The number of aryl methyl sites for hydroxylation is 1. The van der Waals surface area contributed by atoms with Crippen LogP contribution in [-0.4, -0.2) is 24.7 Å². The highest BCUT2D eigenvalue weighted by molar-refractivity contribution is 7.98. The van der Waals surface area contributed by atoms with Crippen LogP contribution < -0.4 is 5.56 Å². The first kappa shape index (κ1) is 21.2. The summed E-state index contributed by atoms with van der Waals surface area (Å²) in [7, 11) is 0. The average molecular weight is 484 g/mol. The van der Waals surface area contributed by atoms with Crippen molar-refractivity contribution >= 4 is 44.7 Å². The van der Waals surface area contributed by atoms with Gasteiger partial charge in [0.25, 0.3) is 5.56 Å². The van der Waals surface area contributed by atoms with Crippen molar-refractivity contribution < 1.29 is 4.42 Å². The van der Waals surface area contributed by atoms with E-state index in [-0.39, 0.29) is 11.5 Å². The van der Waals surface area contributed by atoms with Gasteiger partial charge in [0, 0.05) is 26.6 Å². The second-order valence-corrected chi connectivity index (χ2v) is 10.8. The average Bonchev–Trinajstić information content (AvgIpc) is 3.53. The number of nitrogens with one attached hydrogen (secondary N) is 1. The summed E-state index contributed by atoms with van der Waals surface area (Å²) < 4.78 is 7.58. The zero-order valence-corrected chi connectivity index (χ0v) is 20.2. The van der Waals surface area contributed by atoms with Gasteiger partial charge >= 0.3 is 0 Å². The Balaban J connectivity index is 1.42. The van der Waals surface area contributed by atoms with Gasteiger partial charge in [-0.3, -0.25) is 9.36 Å². The minimum atomic E-state index is -0.104. The number of hydrogen-bond donors (Lipinski definition) is 1. The van der Waals surface area contributed by atoms with Crippen molar-refractivity contribution in [1.82, 2.24) is 24.7 Å². The molecule has 7 nitrogen and oxygen atoms in total. The van der Waals surface area contributed by atoms with Crippen LogP contribution >= 0.6 is 34.4 Å². The Kier molecular flexibility index (Phi) is 5.75. The van der Waals surface area contributed by atoms with E-state index in [4.69, 9.17) is 9.40 Å². The molecule has 0 aliphatic rings. The Labute approximate surface area is 196 Å². The zero-order valence-electron chi connectivity index (χ0n) is 17.8. The standard InChI is InChI=1S/C22H21N5O2S3/c1-12(2)19-25-26-22(27(19)9-14-5-4-8-29-14)31-11-17-23-20(28)18-15(10-30-21(18)24-17)16-7-6-13(3)32-16/h4-8,10,12H,9,11H2,1-3H3,(H,23,24,28). The van der Waals surface area contributed by atoms with Crippen LogP contribution in [0, 0.1) is 6.92 Å². The minimum absolute atomic E-state index is 0.104. The van der Waals surface area contributed by atoms with Gasteiger partial charge in [0.15, 0.2) is 5.16 Å². The van der Waals surface area contributed by atoms with Crippen molar-refractivity contribution in [2.24, 2.45) is 0 Å². The SMILES string of the molecule is Cc1ccc(-c2csc3nc(CSc4nnc(C(C)C)n4Cc4ccco4)[nH]c(=O)c23)s1. The molecular weight excluding hydrogens is 462 g/mol. The van der Waals surface area contributed by atoms with Crippen LogP contribution in [0.4, 0.5) is 0 Å². The van der Waals surface area contributed by atoms with E-state index < -0.39 is 0 Å². The summed E-state index contributed by atoms with van der Waals surface area (Å²) >= 11 is 4.69. The number of H-pyrrole nitrogens is 1. The predicted molar refractivity (Wildman–Crippen MR) is 130 cm³/mol. The lowest BCUT2D eigenvalue weighted by Crippen LogP contribution is -2.11. The summed E-state index contributed by atoms with van der Waals surface area (Å²) in [5.41, 5.74) is 0.851. The van der Waals surface area contributed by atoms with E-state index in [9.17, 15) is 4.79 Å². The summed E-state index contributed by atoms with van der Waals surface area (Å²) in [6, 6.07) is 7.94. The molecule has 0 aliphatic heterocycles. The second-order valence-electron chi connectivity index (χ2n) is 7.70. The second kappa shape index (κ2) is 8.68. The number of rotatable bonds is 7. The summed E-state index contributed by atoms with van der Waals surface area (Å²) in [6.45, 7) is 6.81. The van der Waals surface area contributed by atoms with Crippen LogP contribution in [0.25, 0.3) is 20.7 Å². The van der Waals surface area contributed by atoms with Gasteiger partial charge in [-0.1, -0.05) is 25.6 Å². The molecule has 0 atom stereocenters. The molecule has 0 bridgehead atoms. The first-order valence-electron chi connectivity index (χ1n) is 10.1. The molecule has 0 saturated carbocycles. The number of thiophene rings is 2. The first-order chi connectivity index (χ1) is 15.5. The normalized spacial score (nSPS) is 11.8. The highest BCUT2D eigenvalue weighted by Crippen LogP contribution is 2.35. The van der Waals surface area contributed by atoms with Crippen molar-refractivity contribution in [1.29, 1.82) is 0 Å². The molecule has 10 heteroatoms. The third kappa shape index (κ3) is 4.05. The van der Waals surface area contributed by atoms with Gasteiger partial charge in [-0.15, -0.1) is 32.9 Å². The molecule has 1 N–H and O–H groups in total. The van der Waals surface area contributed by atoms with Crippen molar-refractivity contribution in [3.05, 3.63) is 68.5 Å². The maximum absolute atomic E-state index is 12.9. The van der Waals surface area contributed by atoms with Gasteiger partial charge in [0.05, 0.1) is 23.9 Å². The molecule has 0 saturated heterocycles. The molecule has 5 heterocycles. The number of fused-ring (bicyclic) bond motifs is 1. The predicted octanol–water partition coefficient (Wildman–Crippen LogP) is 5.67. The Hall–Kier alpha value is -2.69. The Morgan fingerprint density at radius 3 is 2.84 bits per heavy atom. The molecule has 0 fully saturated rings. The van der Waals surface area contributed by atoms with Crippen molar-refractivity contribution in [3.8, 4) is 10.4 Å². The third-order valence-electron chi connectivity index (χ3n) is 4.99. The monoisotopic (exact) mass is 483 g/mol. The summed E-state index contributed by atoms with van der Waals surface area (Å²) in [5.74, 6) is 3.09. The maximum Gasteiger partial charge on any atom is 0.260 e. The summed E-state index contributed by atoms with van der Waals surface area (Å²) in [4.78, 5) is 23.7. The highest BCUT2D eigenvalue weighted by Gasteiger charge is 2.18. The molecule has 0 amide bonds. The van der Waals surface area contributed by atoms with Gasteiger partial charge in [-0.05, 0) is 31.2 Å². The fourth-order valence-corrected chi connectivity index (χ4v) is 6.23. The molecule has 5 aromatic rings. The molecule has 164 valence electrons. The van der Waals surface area contributed by atoms with E-state index in [0.29, 0.717) is 23.5 Å². The highest BCUT2D eigenvalue weighted by atomic mass is 32.2. The molecular formula is C22H21N5O2S3. The molecule has 32 heavy (non-hydrogen) atoms. The first-order valence-corrected chi connectivity index (χ1v) is 12.8. The van der Waals surface area contributed by atoms with E-state index in [0.717, 1.165) is 32.0 Å². The lowest BCUT2D eigenvalue weighted by atomic mass is 10.2. The fourth-order valence-electron chi connectivity index (χ4n) is 3.50. The van der Waals surface area contributed by atoms with E-state index in [2.05, 4.69) is 52.7 Å². The van der Waals surface area contributed by atoms with E-state index in [1.165, 1.54) is 28.0 Å². The molecule has 0 aliphatic carbocycles. The fraction of sp³-hybridized carbons (Fsp3) is 0.273. The largest absolute Gasteiger partial charge is 0.467 e. The number of furan rings is 1. The van der Waals surface area contributed by atoms with Crippen LogP contribution in [0.15, 0.2) is 50.3 Å². The van der Waals surface area contributed by atoms with Crippen LogP contribution in [0.2, 0.25) is 0 Å². The summed E-state index contributed by atoms with van der Waals surface area (Å²) in [6.07, 6.45) is 1.66. The number of aromatic amines is 1. The van der Waals surface area contributed by atoms with Gasteiger partial charge in [0.2, 0.25) is 0 Å². The quantitative estimate of drug-likeness (QED) is 0.300. The lowest BCUT2D eigenvalue weighted by molar-refractivity contribution is 0.475. The van der Waals surface area contributed by atoms with Crippen molar-refractivity contribution in [2.45, 2.75) is 44.1 Å². The zero-order chi connectivity index (χ0) is 22.2. The lowest BCUT2D eigenvalue weighted by Gasteiger charge is -2.10. The topological polar surface area (TPSA) is 89.6 Å². The minimum Gasteiger partial charge on any atom is -0.467 e. The number of hydrogen-bond acceptors (Lipinski definition) is 8. The van der Waals surface area contributed by atoms with Gasteiger partial charge < -0.3 is 9.40 Å². The summed E-state index contributed by atoms with van der Waals surface area (Å²) in [5, 5.41) is 12.2. The van der Waals surface area contributed by atoms with Gasteiger partial charge in [0.1, 0.15) is 22.2 Å². The Morgan fingerprint density at radius 2 is 2.12 bits per heavy atom. The molecule has 5 aromatic heterocycles. The Bertz CT molecular complexity index is 1430. The number of thioether (sulfide) groups is 1. The van der Waals surface area contributed by atoms with E-state index in [1.54, 1.807) is 17.6 Å². The number of nitrogens with zero attached hydrogens (tertiary/aromatic N) is 4. The van der Waals surface area contributed by atoms with Crippen molar-refractivity contribution in [3.63, 3.8) is 0 Å². The molecule has 0 radical (unpaired) electrons. The molecule has 0 aromatic carbocycles. The van der Waals surface area contributed by atoms with Crippen LogP contribution in [-0.2, 0) is 12.3 Å².